The Balaban J connectivity index is 2.07. The lowest BCUT2D eigenvalue weighted by Crippen LogP contribution is -2.06. The molecule has 0 bridgehead atoms. The second-order valence-electron chi connectivity index (χ2n) is 4.43. The van der Waals surface area contributed by atoms with Crippen molar-refractivity contribution in [1.29, 1.82) is 0 Å². The Kier molecular flexibility index (Phi) is 2.34. The monoisotopic (exact) mass is 242 g/mol. The van der Waals surface area contributed by atoms with Gasteiger partial charge in [0.05, 0.1) is 23.6 Å². The summed E-state index contributed by atoms with van der Waals surface area (Å²) >= 11 is 0. The van der Waals surface area contributed by atoms with Crippen LogP contribution in [0.15, 0.2) is 30.5 Å². The third-order valence-corrected chi connectivity index (χ3v) is 2.92. The van der Waals surface area contributed by atoms with Crippen LogP contribution in [0.3, 0.4) is 0 Å². The van der Waals surface area contributed by atoms with Crippen LogP contribution in [0.5, 0.6) is 5.75 Å². The second-order valence-corrected chi connectivity index (χ2v) is 4.43. The van der Waals surface area contributed by atoms with E-state index in [1.165, 1.54) is 0 Å². The highest BCUT2D eigenvalue weighted by atomic mass is 16.3. The first-order chi connectivity index (χ1) is 8.63. The number of nitrogens with zero attached hydrogens (tertiary/aromatic N) is 1. The zero-order valence-electron chi connectivity index (χ0n) is 9.94. The number of nitrogens with one attached hydrogen (secondary N) is 2. The smallest absolute Gasteiger partial charge is 0.123 e. The number of nitrogens with two attached hydrogens (primary N) is 1. The van der Waals surface area contributed by atoms with Crippen molar-refractivity contribution >= 4 is 10.9 Å². The summed E-state index contributed by atoms with van der Waals surface area (Å²) in [6.45, 7) is 1.88. The zero-order chi connectivity index (χ0) is 12.7. The average Bonchev–Trinajstić information content (AvgIpc) is 2.93. The molecule has 0 radical (unpaired) electrons. The van der Waals surface area contributed by atoms with Crippen molar-refractivity contribution in [3.8, 4) is 17.1 Å². The van der Waals surface area contributed by atoms with E-state index in [-0.39, 0.29) is 11.8 Å². The molecule has 5 heteroatoms. The van der Waals surface area contributed by atoms with Crippen LogP contribution in [0.25, 0.3) is 22.3 Å². The molecule has 3 rings (SSSR count). The fourth-order valence-corrected chi connectivity index (χ4v) is 1.97. The Morgan fingerprint density at radius 2 is 2.06 bits per heavy atom. The highest BCUT2D eigenvalue weighted by Crippen LogP contribution is 2.25. The van der Waals surface area contributed by atoms with E-state index in [1.54, 1.807) is 18.3 Å². The average molecular weight is 242 g/mol. The van der Waals surface area contributed by atoms with E-state index in [0.29, 0.717) is 0 Å². The van der Waals surface area contributed by atoms with Crippen LogP contribution >= 0.6 is 0 Å². The quantitative estimate of drug-likeness (QED) is 0.555. The van der Waals surface area contributed by atoms with Crippen molar-refractivity contribution in [3.63, 3.8) is 0 Å². The number of fused-ring (bicyclic) bond motifs is 1. The molecule has 0 fully saturated rings. The summed E-state index contributed by atoms with van der Waals surface area (Å²) in [7, 11) is 0. The van der Waals surface area contributed by atoms with Gasteiger partial charge in [-0.25, -0.2) is 4.98 Å². The molecule has 1 unspecified atom stereocenters. The third-order valence-electron chi connectivity index (χ3n) is 2.92. The first kappa shape index (κ1) is 10.9. The highest BCUT2D eigenvalue weighted by molar-refractivity contribution is 5.86. The Morgan fingerprint density at radius 1 is 1.22 bits per heavy atom. The Morgan fingerprint density at radius 3 is 2.78 bits per heavy atom. The summed E-state index contributed by atoms with van der Waals surface area (Å²) in [6.07, 6.45) is 1.75. The summed E-state index contributed by atoms with van der Waals surface area (Å²) in [5.41, 5.74) is 8.47. The second kappa shape index (κ2) is 3.89. The molecular formula is C13H14N4O. The number of aromatic amines is 2. The van der Waals surface area contributed by atoms with Gasteiger partial charge >= 0.3 is 0 Å². The maximum absolute atomic E-state index is 9.43. The van der Waals surface area contributed by atoms with Crippen LogP contribution in [-0.2, 0) is 0 Å². The van der Waals surface area contributed by atoms with Crippen molar-refractivity contribution < 1.29 is 5.11 Å². The number of aromatic hydroxyl groups is 1. The lowest BCUT2D eigenvalue weighted by Gasteiger charge is -1.98. The molecule has 2 aromatic heterocycles. The molecule has 92 valence electrons. The van der Waals surface area contributed by atoms with Gasteiger partial charge in [0.2, 0.25) is 0 Å². The van der Waals surface area contributed by atoms with Gasteiger partial charge in [-0.2, -0.15) is 0 Å². The van der Waals surface area contributed by atoms with E-state index < -0.39 is 0 Å². The number of benzene rings is 1. The molecule has 2 heterocycles. The fourth-order valence-electron chi connectivity index (χ4n) is 1.97. The van der Waals surface area contributed by atoms with E-state index in [4.69, 9.17) is 5.73 Å². The number of aromatic nitrogens is 3. The van der Waals surface area contributed by atoms with Crippen LogP contribution in [0, 0.1) is 0 Å². The molecule has 5 N–H and O–H groups in total. The SMILES string of the molecule is CC(N)c1ncc(-c2cc3ccc(O)cc3[nH]2)[nH]1. The van der Waals surface area contributed by atoms with Gasteiger partial charge in [0.1, 0.15) is 11.6 Å². The van der Waals surface area contributed by atoms with Crippen LogP contribution in [0.2, 0.25) is 0 Å². The van der Waals surface area contributed by atoms with E-state index in [9.17, 15) is 5.11 Å². The lowest BCUT2D eigenvalue weighted by molar-refractivity contribution is 0.476. The predicted octanol–water partition coefficient (Wildman–Crippen LogP) is 2.28. The molecule has 0 aliphatic heterocycles. The van der Waals surface area contributed by atoms with Gasteiger partial charge in [-0.1, -0.05) is 0 Å². The van der Waals surface area contributed by atoms with Crippen molar-refractivity contribution in [2.24, 2.45) is 5.73 Å². The molecular weight excluding hydrogens is 228 g/mol. The topological polar surface area (TPSA) is 90.7 Å². The molecule has 1 aromatic carbocycles. The first-order valence-electron chi connectivity index (χ1n) is 5.76. The minimum absolute atomic E-state index is 0.118. The van der Waals surface area contributed by atoms with Crippen molar-refractivity contribution in [1.82, 2.24) is 15.0 Å². The summed E-state index contributed by atoms with van der Waals surface area (Å²) in [5, 5.41) is 10.5. The molecule has 18 heavy (non-hydrogen) atoms. The number of hydrogen-bond acceptors (Lipinski definition) is 3. The molecule has 5 nitrogen and oxygen atoms in total. The van der Waals surface area contributed by atoms with Gasteiger partial charge in [0.15, 0.2) is 0 Å². The van der Waals surface area contributed by atoms with E-state index in [2.05, 4.69) is 15.0 Å². The molecule has 0 aliphatic carbocycles. The first-order valence-corrected chi connectivity index (χ1v) is 5.76. The Hall–Kier alpha value is -2.27. The minimum Gasteiger partial charge on any atom is -0.508 e. The summed E-state index contributed by atoms with van der Waals surface area (Å²) < 4.78 is 0. The van der Waals surface area contributed by atoms with Crippen LogP contribution in [0.1, 0.15) is 18.8 Å². The molecule has 0 saturated heterocycles. The van der Waals surface area contributed by atoms with Gasteiger partial charge in [-0.15, -0.1) is 0 Å². The maximum Gasteiger partial charge on any atom is 0.123 e. The van der Waals surface area contributed by atoms with E-state index >= 15 is 0 Å². The summed E-state index contributed by atoms with van der Waals surface area (Å²) in [4.78, 5) is 10.6. The molecule has 1 atom stereocenters. The standard InChI is InChI=1S/C13H14N4O/c1-7(14)13-15-6-12(17-13)11-4-8-2-3-9(18)5-10(8)16-11/h2-7,16,18H,14H2,1H3,(H,15,17). The van der Waals surface area contributed by atoms with Crippen molar-refractivity contribution in [2.75, 3.05) is 0 Å². The van der Waals surface area contributed by atoms with Crippen LogP contribution in [-0.4, -0.2) is 20.1 Å². The normalized spacial score (nSPS) is 13.0. The predicted molar refractivity (Wildman–Crippen MR) is 70.1 cm³/mol. The number of phenols is 1. The summed E-state index contributed by atoms with van der Waals surface area (Å²) in [5.74, 6) is 1.00. The molecule has 0 amide bonds. The zero-order valence-corrected chi connectivity index (χ0v) is 9.94. The van der Waals surface area contributed by atoms with E-state index in [0.717, 1.165) is 28.1 Å². The lowest BCUT2D eigenvalue weighted by atomic mass is 10.2. The van der Waals surface area contributed by atoms with Crippen molar-refractivity contribution in [3.05, 3.63) is 36.3 Å². The van der Waals surface area contributed by atoms with Gasteiger partial charge in [0, 0.05) is 17.0 Å². The minimum atomic E-state index is -0.118. The Bertz CT molecular complexity index is 696. The third kappa shape index (κ3) is 1.74. The number of imidazole rings is 1. The van der Waals surface area contributed by atoms with Gasteiger partial charge in [-0.3, -0.25) is 0 Å². The number of H-pyrrole nitrogens is 2. The number of rotatable bonds is 2. The van der Waals surface area contributed by atoms with E-state index in [1.807, 2.05) is 19.1 Å². The Labute approximate surface area is 104 Å². The van der Waals surface area contributed by atoms with Gasteiger partial charge in [0.25, 0.3) is 0 Å². The number of phenolic OH excluding ortho intramolecular Hbond substituents is 1. The van der Waals surface area contributed by atoms with Gasteiger partial charge in [-0.05, 0) is 25.1 Å². The van der Waals surface area contributed by atoms with Crippen LogP contribution < -0.4 is 5.73 Å². The summed E-state index contributed by atoms with van der Waals surface area (Å²) in [6, 6.07) is 7.12. The van der Waals surface area contributed by atoms with Crippen LogP contribution in [0.4, 0.5) is 0 Å². The fraction of sp³-hybridized carbons (Fsp3) is 0.154. The number of hydrogen-bond donors (Lipinski definition) is 4. The molecule has 0 aliphatic rings. The molecule has 0 spiro atoms. The largest absolute Gasteiger partial charge is 0.508 e. The highest BCUT2D eigenvalue weighted by Gasteiger charge is 2.09. The van der Waals surface area contributed by atoms with Crippen molar-refractivity contribution in [2.45, 2.75) is 13.0 Å². The molecule has 3 aromatic rings. The van der Waals surface area contributed by atoms with Gasteiger partial charge < -0.3 is 20.8 Å². The molecule has 0 saturated carbocycles. The maximum atomic E-state index is 9.43.